The number of aliphatic hydroxyl groups excluding tert-OH is 1. The van der Waals surface area contributed by atoms with E-state index in [1.165, 1.54) is 5.56 Å². The monoisotopic (exact) mass is 292 g/mol. The first kappa shape index (κ1) is 16.4. The van der Waals surface area contributed by atoms with E-state index in [2.05, 4.69) is 21.3 Å². The Hall–Kier alpha value is -1.01. The lowest BCUT2D eigenvalue weighted by Gasteiger charge is -2.33. The van der Waals surface area contributed by atoms with Crippen LogP contribution in [0, 0.1) is 0 Å². The minimum absolute atomic E-state index is 0.284. The van der Waals surface area contributed by atoms with Gasteiger partial charge in [-0.1, -0.05) is 6.07 Å². The van der Waals surface area contributed by atoms with E-state index in [1.54, 1.807) is 0 Å². The highest BCUT2D eigenvalue weighted by Crippen LogP contribution is 2.13. The fraction of sp³-hybridized carbons (Fsp3) is 0.688. The highest BCUT2D eigenvalue weighted by Gasteiger charge is 2.19. The van der Waals surface area contributed by atoms with Crippen LogP contribution in [-0.2, 0) is 6.54 Å². The molecule has 0 aliphatic carbocycles. The number of nitrogens with one attached hydrogen (secondary N) is 1. The Balaban J connectivity index is 1.64. The zero-order chi connectivity index (χ0) is 15.1. The van der Waals surface area contributed by atoms with Gasteiger partial charge in [-0.25, -0.2) is 0 Å². The molecule has 5 heteroatoms. The van der Waals surface area contributed by atoms with E-state index in [-0.39, 0.29) is 6.10 Å². The second-order valence-corrected chi connectivity index (χ2v) is 6.24. The maximum absolute atomic E-state index is 9.88. The lowest BCUT2D eigenvalue weighted by Crippen LogP contribution is -2.45. The lowest BCUT2D eigenvalue weighted by molar-refractivity contribution is 0.122. The number of nitrogens with zero attached hydrogens (tertiary/aromatic N) is 3. The summed E-state index contributed by atoms with van der Waals surface area (Å²) in [7, 11) is 3.97. The van der Waals surface area contributed by atoms with Crippen molar-refractivity contribution in [2.24, 2.45) is 0 Å². The van der Waals surface area contributed by atoms with E-state index < -0.39 is 0 Å². The van der Waals surface area contributed by atoms with Crippen LogP contribution >= 0.6 is 0 Å². The predicted molar refractivity (Wildman–Crippen MR) is 85.1 cm³/mol. The second-order valence-electron chi connectivity index (χ2n) is 6.24. The van der Waals surface area contributed by atoms with Gasteiger partial charge in [0, 0.05) is 38.1 Å². The minimum Gasteiger partial charge on any atom is -0.390 e. The highest BCUT2D eigenvalue weighted by molar-refractivity contribution is 5.08. The van der Waals surface area contributed by atoms with Crippen LogP contribution in [0.1, 0.15) is 18.4 Å². The van der Waals surface area contributed by atoms with Gasteiger partial charge in [-0.2, -0.15) is 0 Å². The molecule has 0 spiro atoms. The van der Waals surface area contributed by atoms with Gasteiger partial charge in [0.2, 0.25) is 0 Å². The SMILES string of the molecule is CN(C)CC(O)CNC1CCN(Cc2cccnc2)CC1. The molecule has 5 nitrogen and oxygen atoms in total. The Morgan fingerprint density at radius 1 is 1.43 bits per heavy atom. The molecule has 118 valence electrons. The van der Waals surface area contributed by atoms with Crippen molar-refractivity contribution in [3.05, 3.63) is 30.1 Å². The van der Waals surface area contributed by atoms with E-state index in [4.69, 9.17) is 0 Å². The van der Waals surface area contributed by atoms with E-state index in [9.17, 15) is 5.11 Å². The number of hydrogen-bond donors (Lipinski definition) is 2. The largest absolute Gasteiger partial charge is 0.390 e. The number of likely N-dealkylation sites (tertiary alicyclic amines) is 1. The molecule has 1 atom stereocenters. The van der Waals surface area contributed by atoms with Gasteiger partial charge in [0.25, 0.3) is 0 Å². The summed E-state index contributed by atoms with van der Waals surface area (Å²) in [5, 5.41) is 13.4. The third kappa shape index (κ3) is 6.09. The number of hydrogen-bond acceptors (Lipinski definition) is 5. The Morgan fingerprint density at radius 3 is 2.81 bits per heavy atom. The molecule has 2 rings (SSSR count). The van der Waals surface area contributed by atoms with Crippen molar-refractivity contribution in [1.29, 1.82) is 0 Å². The van der Waals surface area contributed by atoms with Crippen LogP contribution in [0.5, 0.6) is 0 Å². The Labute approximate surface area is 128 Å². The van der Waals surface area contributed by atoms with Crippen LogP contribution in [0.2, 0.25) is 0 Å². The van der Waals surface area contributed by atoms with Crippen molar-refractivity contribution in [1.82, 2.24) is 20.1 Å². The molecular formula is C16H28N4O. The molecule has 21 heavy (non-hydrogen) atoms. The number of aliphatic hydroxyl groups is 1. The molecule has 1 aliphatic heterocycles. The van der Waals surface area contributed by atoms with Crippen LogP contribution in [-0.4, -0.2) is 72.3 Å². The lowest BCUT2D eigenvalue weighted by atomic mass is 10.0. The second kappa shape index (κ2) is 8.44. The molecule has 2 N–H and O–H groups in total. The van der Waals surface area contributed by atoms with Crippen LogP contribution in [0.4, 0.5) is 0 Å². The molecular weight excluding hydrogens is 264 g/mol. The first-order chi connectivity index (χ1) is 10.1. The predicted octanol–water partition coefficient (Wildman–Crippen LogP) is 0.558. The molecule has 0 bridgehead atoms. The third-order valence-corrected chi connectivity index (χ3v) is 3.93. The van der Waals surface area contributed by atoms with Gasteiger partial charge in [-0.3, -0.25) is 9.88 Å². The van der Waals surface area contributed by atoms with E-state index in [0.29, 0.717) is 19.1 Å². The highest BCUT2D eigenvalue weighted by atomic mass is 16.3. The van der Waals surface area contributed by atoms with Crippen LogP contribution in [0.25, 0.3) is 0 Å². The maximum Gasteiger partial charge on any atom is 0.0791 e. The molecule has 0 saturated carbocycles. The van der Waals surface area contributed by atoms with Gasteiger partial charge < -0.3 is 15.3 Å². The topological polar surface area (TPSA) is 51.6 Å². The van der Waals surface area contributed by atoms with Crippen molar-refractivity contribution < 1.29 is 5.11 Å². The molecule has 1 saturated heterocycles. The third-order valence-electron chi connectivity index (χ3n) is 3.93. The number of pyridine rings is 1. The van der Waals surface area contributed by atoms with Crippen molar-refractivity contribution in [2.45, 2.75) is 31.5 Å². The molecule has 1 fully saturated rings. The fourth-order valence-electron chi connectivity index (χ4n) is 2.83. The summed E-state index contributed by atoms with van der Waals surface area (Å²) in [5.74, 6) is 0. The average Bonchev–Trinajstić information content (AvgIpc) is 2.47. The van der Waals surface area contributed by atoms with E-state index in [0.717, 1.165) is 32.5 Å². The van der Waals surface area contributed by atoms with Gasteiger partial charge in [0.05, 0.1) is 6.10 Å². The number of rotatable bonds is 7. The van der Waals surface area contributed by atoms with Gasteiger partial charge in [0.1, 0.15) is 0 Å². The van der Waals surface area contributed by atoms with Gasteiger partial charge in [-0.05, 0) is 51.7 Å². The summed E-state index contributed by atoms with van der Waals surface area (Å²) in [5.41, 5.74) is 1.28. The Bertz CT molecular complexity index is 391. The molecule has 1 aromatic rings. The number of likely N-dealkylation sites (N-methyl/N-ethyl adjacent to an activating group) is 1. The quantitative estimate of drug-likeness (QED) is 0.769. The molecule has 1 aromatic heterocycles. The van der Waals surface area contributed by atoms with Crippen molar-refractivity contribution in [2.75, 3.05) is 40.3 Å². The standard InChI is InChI=1S/C16H28N4O/c1-19(2)13-16(21)11-18-15-5-8-20(9-6-15)12-14-4-3-7-17-10-14/h3-4,7,10,15-16,18,21H,5-6,8-9,11-13H2,1-2H3. The fourth-order valence-corrected chi connectivity index (χ4v) is 2.83. The first-order valence-electron chi connectivity index (χ1n) is 7.81. The normalized spacial score (nSPS) is 19.0. The molecule has 0 amide bonds. The Morgan fingerprint density at radius 2 is 2.19 bits per heavy atom. The molecule has 1 aliphatic rings. The van der Waals surface area contributed by atoms with Crippen LogP contribution < -0.4 is 5.32 Å². The number of aromatic nitrogens is 1. The Kier molecular flexibility index (Phi) is 6.57. The molecule has 2 heterocycles. The maximum atomic E-state index is 9.88. The minimum atomic E-state index is -0.284. The summed E-state index contributed by atoms with van der Waals surface area (Å²) in [6, 6.07) is 4.66. The molecule has 0 aromatic carbocycles. The van der Waals surface area contributed by atoms with Gasteiger partial charge in [-0.15, -0.1) is 0 Å². The smallest absolute Gasteiger partial charge is 0.0791 e. The average molecular weight is 292 g/mol. The summed E-state index contributed by atoms with van der Waals surface area (Å²) >= 11 is 0. The zero-order valence-electron chi connectivity index (χ0n) is 13.2. The molecule has 0 radical (unpaired) electrons. The first-order valence-corrected chi connectivity index (χ1v) is 7.81. The van der Waals surface area contributed by atoms with Crippen LogP contribution in [0.3, 0.4) is 0 Å². The molecule has 1 unspecified atom stereocenters. The van der Waals surface area contributed by atoms with Crippen molar-refractivity contribution in [3.63, 3.8) is 0 Å². The van der Waals surface area contributed by atoms with Gasteiger partial charge >= 0.3 is 0 Å². The van der Waals surface area contributed by atoms with Gasteiger partial charge in [0.15, 0.2) is 0 Å². The van der Waals surface area contributed by atoms with E-state index in [1.807, 2.05) is 37.5 Å². The zero-order valence-corrected chi connectivity index (χ0v) is 13.2. The van der Waals surface area contributed by atoms with Crippen molar-refractivity contribution in [3.8, 4) is 0 Å². The van der Waals surface area contributed by atoms with E-state index >= 15 is 0 Å². The summed E-state index contributed by atoms with van der Waals surface area (Å²) in [6.07, 6.45) is 5.78. The summed E-state index contributed by atoms with van der Waals surface area (Å²) < 4.78 is 0. The summed E-state index contributed by atoms with van der Waals surface area (Å²) in [6.45, 7) is 4.61. The number of piperidine rings is 1. The van der Waals surface area contributed by atoms with Crippen molar-refractivity contribution >= 4 is 0 Å². The summed E-state index contributed by atoms with van der Waals surface area (Å²) in [4.78, 5) is 8.66. The van der Waals surface area contributed by atoms with Crippen LogP contribution in [0.15, 0.2) is 24.5 Å².